The van der Waals surface area contributed by atoms with Gasteiger partial charge < -0.3 is 15.0 Å². The lowest BCUT2D eigenvalue weighted by Crippen LogP contribution is -2.30. The van der Waals surface area contributed by atoms with Gasteiger partial charge in [-0.2, -0.15) is 0 Å². The first-order valence-electron chi connectivity index (χ1n) is 10.5. The number of para-hydroxylation sites is 1. The van der Waals surface area contributed by atoms with Gasteiger partial charge in [-0.1, -0.05) is 38.1 Å². The fraction of sp³-hybridized carbons (Fsp3) is 0.231. The van der Waals surface area contributed by atoms with Crippen molar-refractivity contribution in [2.75, 3.05) is 23.4 Å². The summed E-state index contributed by atoms with van der Waals surface area (Å²) in [5, 5.41) is 2.87. The first-order valence-corrected chi connectivity index (χ1v) is 10.5. The Morgan fingerprint density at radius 2 is 1.61 bits per heavy atom. The molecule has 0 aliphatic carbocycles. The molecule has 0 saturated heterocycles. The summed E-state index contributed by atoms with van der Waals surface area (Å²) in [5.74, 6) is 0.814. The number of rotatable bonds is 8. The second kappa shape index (κ2) is 10.4. The normalized spacial score (nSPS) is 10.6. The van der Waals surface area contributed by atoms with Crippen LogP contribution in [0.15, 0.2) is 78.9 Å². The van der Waals surface area contributed by atoms with E-state index in [1.807, 2.05) is 37.3 Å². The van der Waals surface area contributed by atoms with Gasteiger partial charge in [-0.3, -0.25) is 9.59 Å². The summed E-state index contributed by atoms with van der Waals surface area (Å²) in [6, 6.07) is 23.6. The molecule has 0 radical (unpaired) electrons. The van der Waals surface area contributed by atoms with Crippen molar-refractivity contribution in [3.63, 3.8) is 0 Å². The molecule has 2 amide bonds. The smallest absolute Gasteiger partial charge is 0.258 e. The van der Waals surface area contributed by atoms with E-state index in [0.717, 1.165) is 11.4 Å². The van der Waals surface area contributed by atoms with Crippen molar-refractivity contribution in [3.8, 4) is 5.75 Å². The number of hydrogen-bond acceptors (Lipinski definition) is 3. The van der Waals surface area contributed by atoms with Crippen molar-refractivity contribution >= 4 is 23.2 Å². The lowest BCUT2D eigenvalue weighted by Gasteiger charge is -2.21. The van der Waals surface area contributed by atoms with Gasteiger partial charge in [0, 0.05) is 29.0 Å². The molecule has 0 atom stereocenters. The lowest BCUT2D eigenvalue weighted by atomic mass is 10.1. The second-order valence-corrected chi connectivity index (χ2v) is 7.65. The zero-order valence-electron chi connectivity index (χ0n) is 18.2. The van der Waals surface area contributed by atoms with Crippen LogP contribution in [0.5, 0.6) is 5.75 Å². The van der Waals surface area contributed by atoms with Gasteiger partial charge in [0.25, 0.3) is 11.8 Å². The van der Waals surface area contributed by atoms with E-state index in [2.05, 4.69) is 19.2 Å². The highest BCUT2D eigenvalue weighted by Crippen LogP contribution is 2.20. The third-order valence-corrected chi connectivity index (χ3v) is 4.70. The summed E-state index contributed by atoms with van der Waals surface area (Å²) in [6.07, 6.45) is 0. The molecule has 1 N–H and O–H groups in total. The van der Waals surface area contributed by atoms with Crippen molar-refractivity contribution in [3.05, 3.63) is 90.0 Å². The number of hydrogen-bond donors (Lipinski definition) is 1. The largest absolute Gasteiger partial charge is 0.493 e. The monoisotopic (exact) mass is 416 g/mol. The Hall–Kier alpha value is -3.60. The predicted molar refractivity (Wildman–Crippen MR) is 125 cm³/mol. The fourth-order valence-electron chi connectivity index (χ4n) is 3.11. The predicted octanol–water partition coefficient (Wildman–Crippen LogP) is 5.64. The van der Waals surface area contributed by atoms with Crippen molar-refractivity contribution in [2.45, 2.75) is 20.8 Å². The molecule has 0 bridgehead atoms. The highest BCUT2D eigenvalue weighted by atomic mass is 16.5. The number of carbonyl (C=O) groups is 2. The van der Waals surface area contributed by atoms with Crippen LogP contribution in [0.3, 0.4) is 0 Å². The third-order valence-electron chi connectivity index (χ3n) is 4.70. The van der Waals surface area contributed by atoms with Gasteiger partial charge in [-0.25, -0.2) is 0 Å². The maximum Gasteiger partial charge on any atom is 0.258 e. The summed E-state index contributed by atoms with van der Waals surface area (Å²) < 4.78 is 5.66. The molecule has 3 aromatic rings. The van der Waals surface area contributed by atoms with E-state index >= 15 is 0 Å². The minimum atomic E-state index is -0.240. The Balaban J connectivity index is 1.70. The van der Waals surface area contributed by atoms with Crippen molar-refractivity contribution in [1.82, 2.24) is 0 Å². The van der Waals surface area contributed by atoms with Crippen molar-refractivity contribution < 1.29 is 14.3 Å². The van der Waals surface area contributed by atoms with E-state index < -0.39 is 0 Å². The van der Waals surface area contributed by atoms with E-state index in [9.17, 15) is 9.59 Å². The molecule has 0 heterocycles. The topological polar surface area (TPSA) is 58.6 Å². The zero-order chi connectivity index (χ0) is 22.2. The van der Waals surface area contributed by atoms with Crippen molar-refractivity contribution in [1.29, 1.82) is 0 Å². The number of nitrogens with one attached hydrogen (secondary N) is 1. The average Bonchev–Trinajstić information content (AvgIpc) is 2.79. The van der Waals surface area contributed by atoms with Gasteiger partial charge in [0.2, 0.25) is 0 Å². The summed E-state index contributed by atoms with van der Waals surface area (Å²) >= 11 is 0. The Kier molecular flexibility index (Phi) is 7.44. The first-order chi connectivity index (χ1) is 15.0. The molecular formula is C26H28N2O3. The molecule has 3 rings (SSSR count). The van der Waals surface area contributed by atoms with Crippen LogP contribution in [0.2, 0.25) is 0 Å². The van der Waals surface area contributed by atoms with E-state index in [0.29, 0.717) is 35.9 Å². The summed E-state index contributed by atoms with van der Waals surface area (Å²) in [4.78, 5) is 27.4. The molecule has 0 aromatic heterocycles. The molecule has 0 saturated carbocycles. The number of benzene rings is 3. The van der Waals surface area contributed by atoms with Crippen LogP contribution in [0.1, 0.15) is 41.5 Å². The molecule has 31 heavy (non-hydrogen) atoms. The summed E-state index contributed by atoms with van der Waals surface area (Å²) in [6.45, 7) is 7.28. The molecule has 0 spiro atoms. The Bertz CT molecular complexity index is 1010. The molecule has 0 aliphatic heterocycles. The summed E-state index contributed by atoms with van der Waals surface area (Å²) in [7, 11) is 0. The molecule has 3 aromatic carbocycles. The molecule has 5 nitrogen and oxygen atoms in total. The van der Waals surface area contributed by atoms with Gasteiger partial charge in [-0.05, 0) is 67.4 Å². The lowest BCUT2D eigenvalue weighted by molar-refractivity contribution is 0.0985. The Morgan fingerprint density at radius 3 is 2.26 bits per heavy atom. The fourth-order valence-corrected chi connectivity index (χ4v) is 3.11. The van der Waals surface area contributed by atoms with Gasteiger partial charge in [0.15, 0.2) is 0 Å². The molecular weight excluding hydrogens is 388 g/mol. The molecule has 0 unspecified atom stereocenters. The quantitative estimate of drug-likeness (QED) is 0.517. The highest BCUT2D eigenvalue weighted by molar-refractivity contribution is 6.08. The van der Waals surface area contributed by atoms with E-state index in [1.54, 1.807) is 53.4 Å². The first kappa shape index (κ1) is 22.1. The van der Waals surface area contributed by atoms with Crippen LogP contribution in [-0.4, -0.2) is 25.0 Å². The van der Waals surface area contributed by atoms with Gasteiger partial charge in [0.05, 0.1) is 6.61 Å². The molecule has 160 valence electrons. The number of anilines is 2. The highest BCUT2D eigenvalue weighted by Gasteiger charge is 2.16. The van der Waals surface area contributed by atoms with Crippen LogP contribution >= 0.6 is 0 Å². The molecule has 0 fully saturated rings. The van der Waals surface area contributed by atoms with Crippen molar-refractivity contribution in [2.24, 2.45) is 5.92 Å². The van der Waals surface area contributed by atoms with Gasteiger partial charge >= 0.3 is 0 Å². The summed E-state index contributed by atoms with van der Waals surface area (Å²) in [5.41, 5.74) is 2.44. The van der Waals surface area contributed by atoms with E-state index in [1.165, 1.54) is 0 Å². The third kappa shape index (κ3) is 5.95. The molecule has 5 heteroatoms. The Morgan fingerprint density at radius 1 is 0.903 bits per heavy atom. The zero-order valence-corrected chi connectivity index (χ0v) is 18.2. The average molecular weight is 417 g/mol. The minimum absolute atomic E-state index is 0.114. The van der Waals surface area contributed by atoms with E-state index in [-0.39, 0.29) is 11.8 Å². The second-order valence-electron chi connectivity index (χ2n) is 7.65. The van der Waals surface area contributed by atoms with Gasteiger partial charge in [0.1, 0.15) is 5.75 Å². The Labute approximate surface area is 183 Å². The van der Waals surface area contributed by atoms with Crippen LogP contribution in [-0.2, 0) is 0 Å². The SMILES string of the molecule is CCN(C(=O)c1cccc(NC(=O)c2ccc(OCC(C)C)cc2)c1)c1ccccc1. The van der Waals surface area contributed by atoms with Crippen LogP contribution < -0.4 is 15.0 Å². The van der Waals surface area contributed by atoms with Gasteiger partial charge in [-0.15, -0.1) is 0 Å². The van der Waals surface area contributed by atoms with Crippen LogP contribution in [0.4, 0.5) is 11.4 Å². The number of amides is 2. The number of ether oxygens (including phenoxy) is 1. The van der Waals surface area contributed by atoms with Crippen LogP contribution in [0, 0.1) is 5.92 Å². The standard InChI is InChI=1S/C26H28N2O3/c1-4-28(23-11-6-5-7-12-23)26(30)21-9-8-10-22(17-21)27-25(29)20-13-15-24(16-14-20)31-18-19(2)3/h5-17,19H,4,18H2,1-3H3,(H,27,29). The number of nitrogens with zero attached hydrogens (tertiary/aromatic N) is 1. The maximum atomic E-state index is 13.0. The number of carbonyl (C=O) groups excluding carboxylic acids is 2. The minimum Gasteiger partial charge on any atom is -0.493 e. The van der Waals surface area contributed by atoms with E-state index in [4.69, 9.17) is 4.74 Å². The molecule has 0 aliphatic rings. The van der Waals surface area contributed by atoms with Crippen LogP contribution in [0.25, 0.3) is 0 Å². The maximum absolute atomic E-state index is 13.0.